The summed E-state index contributed by atoms with van der Waals surface area (Å²) in [5.74, 6) is 0.644. The second-order valence-electron chi connectivity index (χ2n) is 5.80. The Morgan fingerprint density at radius 3 is 2.53 bits per heavy atom. The summed E-state index contributed by atoms with van der Waals surface area (Å²) in [5, 5.41) is 10.3. The van der Waals surface area contributed by atoms with Gasteiger partial charge >= 0.3 is 0 Å². The zero-order chi connectivity index (χ0) is 14.2. The lowest BCUT2D eigenvalue weighted by Gasteiger charge is -2.23. The van der Waals surface area contributed by atoms with Crippen molar-refractivity contribution in [2.45, 2.75) is 26.0 Å². The van der Waals surface area contributed by atoms with Gasteiger partial charge in [-0.05, 0) is 44.6 Å². The summed E-state index contributed by atoms with van der Waals surface area (Å²) in [7, 11) is 4.27. The molecule has 1 aromatic rings. The van der Waals surface area contributed by atoms with Crippen LogP contribution in [0.5, 0.6) is 0 Å². The topological polar surface area (TPSA) is 26.7 Å². The van der Waals surface area contributed by atoms with Crippen LogP contribution in [0, 0.1) is 5.92 Å². The van der Waals surface area contributed by atoms with E-state index >= 15 is 0 Å². The zero-order valence-electron chi connectivity index (χ0n) is 12.1. The average molecular weight is 283 g/mol. The van der Waals surface area contributed by atoms with E-state index in [1.54, 1.807) is 6.92 Å². The molecule has 0 amide bonds. The molecule has 0 saturated carbocycles. The van der Waals surface area contributed by atoms with E-state index < -0.39 is 6.10 Å². The van der Waals surface area contributed by atoms with E-state index in [9.17, 15) is 5.11 Å². The summed E-state index contributed by atoms with van der Waals surface area (Å²) in [6.07, 6.45) is -0.520. The Morgan fingerprint density at radius 2 is 2.05 bits per heavy atom. The first-order chi connectivity index (χ1) is 8.90. The van der Waals surface area contributed by atoms with Gasteiger partial charge in [-0.15, -0.1) is 0 Å². The monoisotopic (exact) mass is 282 g/mol. The Balaban J connectivity index is 2.18. The lowest BCUT2D eigenvalue weighted by molar-refractivity contribution is 0.199. The summed E-state index contributed by atoms with van der Waals surface area (Å²) in [6.45, 7) is 6.10. The van der Waals surface area contributed by atoms with Gasteiger partial charge in [-0.3, -0.25) is 0 Å². The molecule has 0 aliphatic carbocycles. The molecule has 1 heterocycles. The number of benzene rings is 1. The Bertz CT molecular complexity index is 448. The van der Waals surface area contributed by atoms with E-state index in [2.05, 4.69) is 36.9 Å². The Kier molecular flexibility index (Phi) is 4.39. The third kappa shape index (κ3) is 3.04. The predicted molar refractivity (Wildman–Crippen MR) is 80.9 cm³/mol. The van der Waals surface area contributed by atoms with Crippen molar-refractivity contribution in [3.63, 3.8) is 0 Å². The minimum Gasteiger partial charge on any atom is -0.389 e. The molecule has 0 spiro atoms. The number of nitrogens with zero attached hydrogens (tertiary/aromatic N) is 2. The SMILES string of the molecule is CC(O)c1ccc(N2CC(C)C(N(C)C)C2)cc1Cl. The average Bonchev–Trinajstić information content (AvgIpc) is 2.70. The van der Waals surface area contributed by atoms with E-state index in [4.69, 9.17) is 11.6 Å². The molecule has 3 unspecified atom stereocenters. The fraction of sp³-hybridized carbons (Fsp3) is 0.600. The molecule has 2 rings (SSSR count). The van der Waals surface area contributed by atoms with Crippen molar-refractivity contribution in [3.05, 3.63) is 28.8 Å². The van der Waals surface area contributed by atoms with Crippen LogP contribution in [0.15, 0.2) is 18.2 Å². The van der Waals surface area contributed by atoms with Crippen LogP contribution < -0.4 is 4.90 Å². The zero-order valence-corrected chi connectivity index (χ0v) is 12.9. The van der Waals surface area contributed by atoms with Gasteiger partial charge in [0.05, 0.1) is 6.10 Å². The molecule has 1 aromatic carbocycles. The molecule has 4 heteroatoms. The fourth-order valence-electron chi connectivity index (χ4n) is 2.88. The summed E-state index contributed by atoms with van der Waals surface area (Å²) < 4.78 is 0. The standard InChI is InChI=1S/C15H23ClN2O/c1-10-8-18(9-15(10)17(3)4)12-5-6-13(11(2)19)14(16)7-12/h5-7,10-11,15,19H,8-9H2,1-4H3. The van der Waals surface area contributed by atoms with Gasteiger partial charge in [0.15, 0.2) is 0 Å². The Hall–Kier alpha value is -0.770. The van der Waals surface area contributed by atoms with Crippen LogP contribution >= 0.6 is 11.6 Å². The third-order valence-corrected chi connectivity index (χ3v) is 4.36. The van der Waals surface area contributed by atoms with Crippen LogP contribution in [0.2, 0.25) is 5.02 Å². The van der Waals surface area contributed by atoms with Gasteiger partial charge in [0.2, 0.25) is 0 Å². The highest BCUT2D eigenvalue weighted by molar-refractivity contribution is 6.31. The number of aliphatic hydroxyl groups is 1. The van der Waals surface area contributed by atoms with Crippen LogP contribution in [0.25, 0.3) is 0 Å². The van der Waals surface area contributed by atoms with Crippen LogP contribution in [-0.4, -0.2) is 43.2 Å². The van der Waals surface area contributed by atoms with E-state index in [1.165, 1.54) is 0 Å². The second kappa shape index (κ2) is 5.70. The smallest absolute Gasteiger partial charge is 0.0776 e. The lowest BCUT2D eigenvalue weighted by atomic mass is 10.1. The fourth-order valence-corrected chi connectivity index (χ4v) is 3.22. The van der Waals surface area contributed by atoms with Gasteiger partial charge in [0, 0.05) is 29.8 Å². The molecular formula is C15H23ClN2O. The number of rotatable bonds is 3. The van der Waals surface area contributed by atoms with Gasteiger partial charge in [0.25, 0.3) is 0 Å². The molecule has 1 aliphatic rings. The van der Waals surface area contributed by atoms with E-state index in [0.717, 1.165) is 24.3 Å². The van der Waals surface area contributed by atoms with Crippen LogP contribution in [0.3, 0.4) is 0 Å². The summed E-state index contributed by atoms with van der Waals surface area (Å²) >= 11 is 6.24. The first-order valence-corrected chi connectivity index (χ1v) is 7.17. The maximum atomic E-state index is 9.61. The number of aliphatic hydroxyl groups excluding tert-OH is 1. The predicted octanol–water partition coefficient (Wildman–Crippen LogP) is 2.78. The summed E-state index contributed by atoms with van der Waals surface area (Å²) in [6, 6.07) is 6.53. The molecule has 0 aromatic heterocycles. The van der Waals surface area contributed by atoms with Gasteiger partial charge in [-0.2, -0.15) is 0 Å². The maximum absolute atomic E-state index is 9.61. The quantitative estimate of drug-likeness (QED) is 0.923. The minimum atomic E-state index is -0.520. The van der Waals surface area contributed by atoms with Crippen molar-refractivity contribution < 1.29 is 5.11 Å². The molecule has 0 bridgehead atoms. The first kappa shape index (κ1) is 14.6. The molecule has 1 saturated heterocycles. The molecule has 3 atom stereocenters. The van der Waals surface area contributed by atoms with Crippen molar-refractivity contribution in [2.24, 2.45) is 5.92 Å². The summed E-state index contributed by atoms with van der Waals surface area (Å²) in [4.78, 5) is 4.66. The first-order valence-electron chi connectivity index (χ1n) is 6.79. The molecule has 1 N–H and O–H groups in total. The van der Waals surface area contributed by atoms with E-state index in [-0.39, 0.29) is 0 Å². The van der Waals surface area contributed by atoms with E-state index in [0.29, 0.717) is 17.0 Å². The molecule has 19 heavy (non-hydrogen) atoms. The molecular weight excluding hydrogens is 260 g/mol. The lowest BCUT2D eigenvalue weighted by Crippen LogP contribution is -2.34. The highest BCUT2D eigenvalue weighted by Gasteiger charge is 2.31. The second-order valence-corrected chi connectivity index (χ2v) is 6.20. The van der Waals surface area contributed by atoms with Crippen molar-refractivity contribution in [1.82, 2.24) is 4.90 Å². The molecule has 3 nitrogen and oxygen atoms in total. The molecule has 1 aliphatic heterocycles. The van der Waals surface area contributed by atoms with Crippen LogP contribution in [0.4, 0.5) is 5.69 Å². The number of hydrogen-bond donors (Lipinski definition) is 1. The van der Waals surface area contributed by atoms with Crippen LogP contribution in [-0.2, 0) is 0 Å². The highest BCUT2D eigenvalue weighted by Crippen LogP contribution is 2.31. The number of hydrogen-bond acceptors (Lipinski definition) is 3. The highest BCUT2D eigenvalue weighted by atomic mass is 35.5. The summed E-state index contributed by atoms with van der Waals surface area (Å²) in [5.41, 5.74) is 1.94. The molecule has 1 fully saturated rings. The number of anilines is 1. The maximum Gasteiger partial charge on any atom is 0.0776 e. The van der Waals surface area contributed by atoms with Crippen molar-refractivity contribution in [1.29, 1.82) is 0 Å². The van der Waals surface area contributed by atoms with Crippen molar-refractivity contribution in [2.75, 3.05) is 32.1 Å². The minimum absolute atomic E-state index is 0.520. The van der Waals surface area contributed by atoms with Crippen molar-refractivity contribution in [3.8, 4) is 0 Å². The van der Waals surface area contributed by atoms with Gasteiger partial charge in [-0.1, -0.05) is 24.6 Å². The van der Waals surface area contributed by atoms with Crippen molar-refractivity contribution >= 4 is 17.3 Å². The Morgan fingerprint density at radius 1 is 1.37 bits per heavy atom. The van der Waals surface area contributed by atoms with Crippen LogP contribution in [0.1, 0.15) is 25.5 Å². The normalized spacial score (nSPS) is 25.1. The largest absolute Gasteiger partial charge is 0.389 e. The third-order valence-electron chi connectivity index (χ3n) is 4.04. The van der Waals surface area contributed by atoms with Gasteiger partial charge in [0.1, 0.15) is 0 Å². The Labute approximate surface area is 120 Å². The number of likely N-dealkylation sites (N-methyl/N-ethyl adjacent to an activating group) is 1. The van der Waals surface area contributed by atoms with Gasteiger partial charge in [-0.25, -0.2) is 0 Å². The van der Waals surface area contributed by atoms with Gasteiger partial charge < -0.3 is 14.9 Å². The molecule has 106 valence electrons. The van der Waals surface area contributed by atoms with E-state index in [1.807, 2.05) is 12.1 Å². The molecule has 0 radical (unpaired) electrons. The number of halogens is 1.